The maximum absolute atomic E-state index is 11.1. The van der Waals surface area contributed by atoms with Crippen molar-refractivity contribution < 1.29 is 43.4 Å². The summed E-state index contributed by atoms with van der Waals surface area (Å²) in [6.45, 7) is 1.94. The molecule has 2 heterocycles. The van der Waals surface area contributed by atoms with Crippen molar-refractivity contribution in [2.24, 2.45) is 5.92 Å². The molecule has 3 fully saturated rings. The zero-order valence-electron chi connectivity index (χ0n) is 24.8. The number of allylic oxidation sites excluding steroid dienone is 2. The summed E-state index contributed by atoms with van der Waals surface area (Å²) in [5.74, 6) is -0.186. The number of benzene rings is 1. The summed E-state index contributed by atoms with van der Waals surface area (Å²) in [4.78, 5) is 12.0. The van der Waals surface area contributed by atoms with Crippen molar-refractivity contribution in [2.45, 2.75) is 113 Å². The Kier molecular flexibility index (Phi) is 14.4. The Hall–Kier alpha value is -1.66. The van der Waals surface area contributed by atoms with Crippen LogP contribution < -0.4 is 4.74 Å². The average Bonchev–Trinajstić information content (AvgIpc) is 3.30. The summed E-state index contributed by atoms with van der Waals surface area (Å²) in [6, 6.07) is 7.99. The number of carboxylic acid groups (broad SMARTS) is 1. The summed E-state index contributed by atoms with van der Waals surface area (Å²) in [7, 11) is 0. The number of ether oxygens (including phenoxy) is 6. The molecule has 0 spiro atoms. The van der Waals surface area contributed by atoms with Gasteiger partial charge in [-0.15, -0.1) is 11.8 Å². The largest absolute Gasteiger partial charge is 0.491 e. The Labute approximate surface area is 254 Å². The molecule has 1 aromatic carbocycles. The standard InChI is InChI=1S/C32H48O9S/c1-42-25-16-14-23(15-17-25)38-21-24(40-30-12-6-8-18-36-30)22-39-32-26(10-4-2-3-5-11-29(34)35)27(33)20-28(32)41-31-13-7-9-19-37-31/h2,4,14-17,24,26-28,30-33H,3,5-13,18-22H2,1H3,(H,34,35). The molecule has 7 atom stereocenters. The lowest BCUT2D eigenvalue weighted by Crippen LogP contribution is -2.40. The first-order valence-corrected chi connectivity index (χ1v) is 16.7. The van der Waals surface area contributed by atoms with Crippen molar-refractivity contribution in [3.8, 4) is 5.75 Å². The van der Waals surface area contributed by atoms with Crippen LogP contribution in [0.1, 0.15) is 70.6 Å². The van der Waals surface area contributed by atoms with E-state index in [1.807, 2.05) is 42.7 Å². The van der Waals surface area contributed by atoms with Crippen LogP contribution in [0.5, 0.6) is 5.75 Å². The van der Waals surface area contributed by atoms with Gasteiger partial charge in [0.25, 0.3) is 0 Å². The van der Waals surface area contributed by atoms with E-state index in [4.69, 9.17) is 33.5 Å². The molecule has 4 rings (SSSR count). The maximum atomic E-state index is 11.1. The Balaban J connectivity index is 1.40. The van der Waals surface area contributed by atoms with Gasteiger partial charge in [-0.2, -0.15) is 0 Å². The van der Waals surface area contributed by atoms with Crippen molar-refractivity contribution >= 4 is 17.7 Å². The number of rotatable bonds is 17. The molecule has 1 aliphatic carbocycles. The number of carbonyl (C=O) groups is 1. The zero-order valence-corrected chi connectivity index (χ0v) is 25.6. The molecule has 0 amide bonds. The van der Waals surface area contributed by atoms with E-state index in [1.165, 1.54) is 4.90 Å². The molecule has 2 N–H and O–H groups in total. The minimum Gasteiger partial charge on any atom is -0.491 e. The van der Waals surface area contributed by atoms with Gasteiger partial charge in [-0.3, -0.25) is 4.79 Å². The van der Waals surface area contributed by atoms with Gasteiger partial charge in [-0.05, 0) is 88.3 Å². The summed E-state index contributed by atoms with van der Waals surface area (Å²) >= 11 is 1.68. The monoisotopic (exact) mass is 608 g/mol. The molecule has 2 aliphatic heterocycles. The highest BCUT2D eigenvalue weighted by molar-refractivity contribution is 7.98. The second-order valence-electron chi connectivity index (χ2n) is 11.3. The van der Waals surface area contributed by atoms with Crippen LogP contribution in [0.4, 0.5) is 0 Å². The second-order valence-corrected chi connectivity index (χ2v) is 12.1. The third kappa shape index (κ3) is 11.1. The van der Waals surface area contributed by atoms with Crippen molar-refractivity contribution in [3.05, 3.63) is 36.4 Å². The van der Waals surface area contributed by atoms with Gasteiger partial charge in [0.15, 0.2) is 12.6 Å². The molecule has 3 aliphatic rings. The van der Waals surface area contributed by atoms with Gasteiger partial charge in [0.05, 0.1) is 24.9 Å². The van der Waals surface area contributed by atoms with E-state index in [9.17, 15) is 9.90 Å². The Bertz CT molecular complexity index is 930. The van der Waals surface area contributed by atoms with E-state index in [1.54, 1.807) is 11.8 Å². The smallest absolute Gasteiger partial charge is 0.303 e. The van der Waals surface area contributed by atoms with Gasteiger partial charge in [-0.1, -0.05) is 12.2 Å². The first kappa shape index (κ1) is 33.2. The normalized spacial score (nSPS) is 29.1. The predicted molar refractivity (Wildman–Crippen MR) is 160 cm³/mol. The van der Waals surface area contributed by atoms with E-state index in [0.717, 1.165) is 44.3 Å². The fourth-order valence-corrected chi connectivity index (χ4v) is 6.10. The average molecular weight is 609 g/mol. The molecular weight excluding hydrogens is 560 g/mol. The Morgan fingerprint density at radius 3 is 2.45 bits per heavy atom. The fraction of sp³-hybridized carbons (Fsp3) is 0.719. The number of unbranched alkanes of at least 4 members (excludes halogenated alkanes) is 1. The summed E-state index contributed by atoms with van der Waals surface area (Å²) < 4.78 is 37.1. The van der Waals surface area contributed by atoms with Crippen molar-refractivity contribution in [3.63, 3.8) is 0 Å². The molecule has 2 saturated heterocycles. The number of carboxylic acids is 1. The first-order chi connectivity index (χ1) is 20.5. The number of thioether (sulfide) groups is 1. The van der Waals surface area contributed by atoms with E-state index < -0.39 is 12.1 Å². The van der Waals surface area contributed by atoms with Crippen LogP contribution in [-0.2, 0) is 28.5 Å². The SMILES string of the molecule is CSc1ccc(OCC(COC2C(OC3CCCCO3)CC(O)C2CC=CCCCC(=O)O)OC2CCCCO2)cc1. The van der Waals surface area contributed by atoms with Crippen molar-refractivity contribution in [2.75, 3.05) is 32.7 Å². The number of aliphatic hydroxyl groups is 1. The third-order valence-electron chi connectivity index (χ3n) is 8.01. The van der Waals surface area contributed by atoms with Crippen molar-refractivity contribution in [1.29, 1.82) is 0 Å². The molecule has 1 saturated carbocycles. The molecule has 7 unspecified atom stereocenters. The van der Waals surface area contributed by atoms with Gasteiger partial charge >= 0.3 is 5.97 Å². The van der Waals surface area contributed by atoms with Crippen LogP contribution >= 0.6 is 11.8 Å². The lowest BCUT2D eigenvalue weighted by molar-refractivity contribution is -0.226. The first-order valence-electron chi connectivity index (χ1n) is 15.5. The van der Waals surface area contributed by atoms with Crippen molar-refractivity contribution in [1.82, 2.24) is 0 Å². The number of hydrogen-bond acceptors (Lipinski definition) is 9. The molecule has 42 heavy (non-hydrogen) atoms. The summed E-state index contributed by atoms with van der Waals surface area (Å²) in [5.41, 5.74) is 0. The molecule has 0 radical (unpaired) electrons. The van der Waals surface area contributed by atoms with Crippen LogP contribution in [0.3, 0.4) is 0 Å². The lowest BCUT2D eigenvalue weighted by atomic mass is 9.98. The predicted octanol–water partition coefficient (Wildman–Crippen LogP) is 5.58. The van der Waals surface area contributed by atoms with E-state index in [-0.39, 0.29) is 49.8 Å². The quantitative estimate of drug-likeness (QED) is 0.132. The van der Waals surface area contributed by atoms with Crippen LogP contribution in [0, 0.1) is 5.92 Å². The van der Waals surface area contributed by atoms with Gasteiger partial charge < -0.3 is 38.6 Å². The van der Waals surface area contributed by atoms with Gasteiger partial charge in [0, 0.05) is 36.9 Å². The van der Waals surface area contributed by atoms with Gasteiger partial charge in [0.2, 0.25) is 0 Å². The minimum absolute atomic E-state index is 0.148. The topological polar surface area (TPSA) is 113 Å². The van der Waals surface area contributed by atoms with E-state index in [2.05, 4.69) is 0 Å². The summed E-state index contributed by atoms with van der Waals surface area (Å²) in [6.07, 6.45) is 12.2. The van der Waals surface area contributed by atoms with Gasteiger partial charge in [0.1, 0.15) is 18.5 Å². The second kappa shape index (κ2) is 18.2. The Morgan fingerprint density at radius 1 is 1.05 bits per heavy atom. The molecule has 10 heteroatoms. The van der Waals surface area contributed by atoms with Crippen LogP contribution in [0.25, 0.3) is 0 Å². The lowest BCUT2D eigenvalue weighted by Gasteiger charge is -2.32. The molecule has 236 valence electrons. The number of hydrogen-bond donors (Lipinski definition) is 2. The van der Waals surface area contributed by atoms with Crippen LogP contribution in [0.2, 0.25) is 0 Å². The highest BCUT2D eigenvalue weighted by atomic mass is 32.2. The van der Waals surface area contributed by atoms with E-state index >= 15 is 0 Å². The highest BCUT2D eigenvalue weighted by Gasteiger charge is 2.45. The highest BCUT2D eigenvalue weighted by Crippen LogP contribution is 2.36. The minimum atomic E-state index is -0.788. The van der Waals surface area contributed by atoms with Crippen LogP contribution in [-0.4, -0.2) is 85.9 Å². The molecule has 1 aromatic rings. The maximum Gasteiger partial charge on any atom is 0.303 e. The number of aliphatic carboxylic acids is 1. The molecule has 0 aromatic heterocycles. The fourth-order valence-electron chi connectivity index (χ4n) is 5.69. The van der Waals surface area contributed by atoms with Gasteiger partial charge in [-0.25, -0.2) is 0 Å². The third-order valence-corrected chi connectivity index (χ3v) is 8.75. The van der Waals surface area contributed by atoms with Crippen LogP contribution in [0.15, 0.2) is 41.3 Å². The summed E-state index contributed by atoms with van der Waals surface area (Å²) in [5, 5.41) is 19.9. The molecule has 9 nitrogen and oxygen atoms in total. The molecular formula is C32H48O9S. The number of aliphatic hydroxyl groups excluding tert-OH is 1. The Morgan fingerprint density at radius 2 is 1.79 bits per heavy atom. The van der Waals surface area contributed by atoms with E-state index in [0.29, 0.717) is 45.5 Å². The zero-order chi connectivity index (χ0) is 29.6. The molecule has 0 bridgehead atoms.